The molecule has 0 radical (unpaired) electrons. The van der Waals surface area contributed by atoms with Crippen LogP contribution in [0.1, 0.15) is 35.6 Å². The fraction of sp³-hybridized carbons (Fsp3) is 0.500. The van der Waals surface area contributed by atoms with Crippen LogP contribution in [-0.4, -0.2) is 6.61 Å². The Bertz CT molecular complexity index is 372. The van der Waals surface area contributed by atoms with Crippen molar-refractivity contribution in [2.24, 2.45) is 5.73 Å². The summed E-state index contributed by atoms with van der Waals surface area (Å²) >= 11 is 0. The first-order valence-electron chi connectivity index (χ1n) is 5.38. The van der Waals surface area contributed by atoms with Crippen LogP contribution in [0.5, 0.6) is 5.75 Å². The van der Waals surface area contributed by atoms with E-state index < -0.39 is 0 Å². The number of benzene rings is 1. The van der Waals surface area contributed by atoms with E-state index in [4.69, 9.17) is 10.5 Å². The lowest BCUT2D eigenvalue weighted by atomic mass is 9.99. The van der Waals surface area contributed by atoms with Crippen molar-refractivity contribution in [3.05, 3.63) is 28.8 Å². The summed E-state index contributed by atoms with van der Waals surface area (Å²) in [6.45, 7) is 0.862. The molecule has 0 spiro atoms. The highest BCUT2D eigenvalue weighted by Crippen LogP contribution is 2.36. The lowest BCUT2D eigenvalue weighted by molar-refractivity contribution is 0.288. The summed E-state index contributed by atoms with van der Waals surface area (Å²) in [6.07, 6.45) is 4.55. The van der Waals surface area contributed by atoms with E-state index in [2.05, 4.69) is 12.1 Å². The third-order valence-corrected chi connectivity index (χ3v) is 3.29. The van der Waals surface area contributed by atoms with E-state index in [9.17, 15) is 0 Å². The molecule has 74 valence electrons. The zero-order valence-electron chi connectivity index (χ0n) is 8.25. The third kappa shape index (κ3) is 1.14. The van der Waals surface area contributed by atoms with Crippen molar-refractivity contribution in [2.75, 3.05) is 6.61 Å². The summed E-state index contributed by atoms with van der Waals surface area (Å²) in [5, 5.41) is 0. The van der Waals surface area contributed by atoms with Crippen LogP contribution < -0.4 is 10.5 Å². The first-order valence-corrected chi connectivity index (χ1v) is 5.38. The molecule has 0 saturated carbocycles. The minimum Gasteiger partial charge on any atom is -0.493 e. The van der Waals surface area contributed by atoms with Gasteiger partial charge in [-0.1, -0.05) is 6.07 Å². The Morgan fingerprint density at radius 2 is 2.14 bits per heavy atom. The molecule has 2 aliphatic rings. The average molecular weight is 189 g/mol. The van der Waals surface area contributed by atoms with Crippen LogP contribution in [0.25, 0.3) is 0 Å². The van der Waals surface area contributed by atoms with Crippen LogP contribution in [0.2, 0.25) is 0 Å². The molecule has 2 N–H and O–H groups in total. The lowest BCUT2D eigenvalue weighted by Crippen LogP contribution is -2.11. The van der Waals surface area contributed by atoms with Gasteiger partial charge >= 0.3 is 0 Å². The fourth-order valence-corrected chi connectivity index (χ4v) is 2.49. The van der Waals surface area contributed by atoms with Gasteiger partial charge in [-0.15, -0.1) is 0 Å². The fourth-order valence-electron chi connectivity index (χ4n) is 2.49. The predicted octanol–water partition coefficient (Wildman–Crippen LogP) is 1.96. The highest BCUT2D eigenvalue weighted by molar-refractivity contribution is 5.47. The van der Waals surface area contributed by atoms with Gasteiger partial charge in [-0.25, -0.2) is 0 Å². The molecule has 14 heavy (non-hydrogen) atoms. The molecule has 0 saturated heterocycles. The maximum absolute atomic E-state index is 6.02. The smallest absolute Gasteiger partial charge is 0.122 e. The van der Waals surface area contributed by atoms with Crippen LogP contribution in [0.3, 0.4) is 0 Å². The van der Waals surface area contributed by atoms with Crippen molar-refractivity contribution in [3.8, 4) is 5.75 Å². The molecule has 1 aromatic carbocycles. The van der Waals surface area contributed by atoms with Crippen molar-refractivity contribution in [1.82, 2.24) is 0 Å². The number of rotatable bonds is 0. The van der Waals surface area contributed by atoms with Gasteiger partial charge in [-0.05, 0) is 48.4 Å². The number of aryl methyl sites for hydroxylation is 2. The van der Waals surface area contributed by atoms with Crippen molar-refractivity contribution in [3.63, 3.8) is 0 Å². The van der Waals surface area contributed by atoms with Gasteiger partial charge in [-0.3, -0.25) is 0 Å². The Morgan fingerprint density at radius 3 is 3.07 bits per heavy atom. The number of hydrogen-bond acceptors (Lipinski definition) is 2. The van der Waals surface area contributed by atoms with E-state index in [0.717, 1.165) is 38.0 Å². The third-order valence-electron chi connectivity index (χ3n) is 3.29. The summed E-state index contributed by atoms with van der Waals surface area (Å²) in [4.78, 5) is 0. The Hall–Kier alpha value is -1.02. The number of nitrogens with two attached hydrogens (primary N) is 1. The van der Waals surface area contributed by atoms with Crippen molar-refractivity contribution >= 4 is 0 Å². The molecule has 0 unspecified atom stereocenters. The summed E-state index contributed by atoms with van der Waals surface area (Å²) in [6, 6.07) is 4.71. The standard InChI is InChI=1S/C12H15NO/c13-11-4-3-8-6-9-2-1-5-14-12(9)7-10(8)11/h6-7,11H,1-5,13H2/t11-/m0/s1. The first-order chi connectivity index (χ1) is 6.84. The molecule has 0 aromatic heterocycles. The molecule has 1 aliphatic carbocycles. The normalized spacial score (nSPS) is 23.9. The SMILES string of the molecule is N[C@H]1CCc2cc3c(cc21)OCCC3. The van der Waals surface area contributed by atoms with Gasteiger partial charge in [0.1, 0.15) is 5.75 Å². The van der Waals surface area contributed by atoms with Crippen LogP contribution in [-0.2, 0) is 12.8 Å². The number of ether oxygens (including phenoxy) is 1. The van der Waals surface area contributed by atoms with Crippen LogP contribution in [0.15, 0.2) is 12.1 Å². The highest BCUT2D eigenvalue weighted by Gasteiger charge is 2.22. The van der Waals surface area contributed by atoms with Crippen molar-refractivity contribution in [1.29, 1.82) is 0 Å². The Kier molecular flexibility index (Phi) is 1.77. The van der Waals surface area contributed by atoms with E-state index in [1.54, 1.807) is 0 Å². The van der Waals surface area contributed by atoms with Gasteiger partial charge in [-0.2, -0.15) is 0 Å². The van der Waals surface area contributed by atoms with Gasteiger partial charge in [0, 0.05) is 6.04 Å². The molecule has 1 heterocycles. The summed E-state index contributed by atoms with van der Waals surface area (Å²) in [5.74, 6) is 1.08. The molecule has 3 rings (SSSR count). The molecule has 1 aliphatic heterocycles. The van der Waals surface area contributed by atoms with Gasteiger partial charge < -0.3 is 10.5 Å². The quantitative estimate of drug-likeness (QED) is 0.677. The first kappa shape index (κ1) is 8.30. The van der Waals surface area contributed by atoms with Crippen LogP contribution in [0.4, 0.5) is 0 Å². The molecule has 2 heteroatoms. The topological polar surface area (TPSA) is 35.2 Å². The second-order valence-electron chi connectivity index (χ2n) is 4.26. The largest absolute Gasteiger partial charge is 0.493 e. The van der Waals surface area contributed by atoms with Crippen LogP contribution >= 0.6 is 0 Å². The zero-order valence-corrected chi connectivity index (χ0v) is 8.25. The van der Waals surface area contributed by atoms with E-state index in [1.807, 2.05) is 0 Å². The molecule has 2 nitrogen and oxygen atoms in total. The predicted molar refractivity (Wildman–Crippen MR) is 55.5 cm³/mol. The van der Waals surface area contributed by atoms with E-state index >= 15 is 0 Å². The molecular formula is C12H15NO. The van der Waals surface area contributed by atoms with E-state index in [-0.39, 0.29) is 6.04 Å². The molecular weight excluding hydrogens is 174 g/mol. The second kappa shape index (κ2) is 2.99. The molecule has 1 aromatic rings. The number of fused-ring (bicyclic) bond motifs is 2. The van der Waals surface area contributed by atoms with Crippen molar-refractivity contribution in [2.45, 2.75) is 31.7 Å². The Balaban J connectivity index is 2.11. The minimum atomic E-state index is 0.237. The van der Waals surface area contributed by atoms with Crippen LogP contribution in [0, 0.1) is 0 Å². The summed E-state index contributed by atoms with van der Waals surface area (Å²) in [7, 11) is 0. The summed E-state index contributed by atoms with van der Waals surface area (Å²) in [5.41, 5.74) is 10.2. The van der Waals surface area contributed by atoms with Crippen molar-refractivity contribution < 1.29 is 4.74 Å². The van der Waals surface area contributed by atoms with E-state index in [1.165, 1.54) is 16.7 Å². The monoisotopic (exact) mass is 189 g/mol. The molecule has 1 atom stereocenters. The maximum Gasteiger partial charge on any atom is 0.122 e. The van der Waals surface area contributed by atoms with E-state index in [0.29, 0.717) is 0 Å². The Morgan fingerprint density at radius 1 is 1.21 bits per heavy atom. The highest BCUT2D eigenvalue weighted by atomic mass is 16.5. The number of hydrogen-bond donors (Lipinski definition) is 1. The summed E-state index contributed by atoms with van der Waals surface area (Å²) < 4.78 is 5.64. The minimum absolute atomic E-state index is 0.237. The Labute approximate surface area is 84.1 Å². The molecule has 0 bridgehead atoms. The van der Waals surface area contributed by atoms with Gasteiger partial charge in [0.25, 0.3) is 0 Å². The van der Waals surface area contributed by atoms with Gasteiger partial charge in [0.2, 0.25) is 0 Å². The maximum atomic E-state index is 6.02. The molecule has 0 fully saturated rings. The second-order valence-corrected chi connectivity index (χ2v) is 4.26. The zero-order chi connectivity index (χ0) is 9.54. The van der Waals surface area contributed by atoms with Gasteiger partial charge in [0.05, 0.1) is 6.61 Å². The average Bonchev–Trinajstić information content (AvgIpc) is 2.57. The lowest BCUT2D eigenvalue weighted by Gasteiger charge is -2.19. The van der Waals surface area contributed by atoms with Gasteiger partial charge in [0.15, 0.2) is 0 Å². The molecule has 0 amide bonds.